The van der Waals surface area contributed by atoms with E-state index in [2.05, 4.69) is 0 Å². The maximum absolute atomic E-state index is 13.0. The summed E-state index contributed by atoms with van der Waals surface area (Å²) in [7, 11) is 2.71. The first-order valence-corrected chi connectivity index (χ1v) is 8.05. The monoisotopic (exact) mass is 382 g/mol. The lowest BCUT2D eigenvalue weighted by molar-refractivity contribution is -0.137. The van der Waals surface area contributed by atoms with Crippen LogP contribution in [0, 0.1) is 0 Å². The lowest BCUT2D eigenvalue weighted by atomic mass is 10.1. The van der Waals surface area contributed by atoms with Crippen LogP contribution in [0.25, 0.3) is 0 Å². The average molecular weight is 382 g/mol. The molecule has 0 aliphatic carbocycles. The Kier molecular flexibility index (Phi) is 4.97. The molecule has 9 heteroatoms. The van der Waals surface area contributed by atoms with Crippen molar-refractivity contribution in [1.29, 1.82) is 0 Å². The molecule has 1 aliphatic heterocycles. The minimum absolute atomic E-state index is 0.0974. The van der Waals surface area contributed by atoms with Crippen molar-refractivity contribution >= 4 is 17.6 Å². The number of nitrogens with zero attached hydrogens (tertiary/aromatic N) is 2. The number of hydrogen-bond donors (Lipinski definition) is 0. The Morgan fingerprint density at radius 2 is 1.85 bits per heavy atom. The summed E-state index contributed by atoms with van der Waals surface area (Å²) in [5.41, 5.74) is -0.282. The highest BCUT2D eigenvalue weighted by Crippen LogP contribution is 2.33. The van der Waals surface area contributed by atoms with Gasteiger partial charge in [-0.3, -0.25) is 4.79 Å². The van der Waals surface area contributed by atoms with Crippen molar-refractivity contribution < 1.29 is 32.2 Å². The molecule has 0 radical (unpaired) electrons. The summed E-state index contributed by atoms with van der Waals surface area (Å²) in [6.45, 7) is 0.451. The minimum Gasteiger partial charge on any atom is -0.465 e. The molecule has 0 saturated heterocycles. The zero-order valence-corrected chi connectivity index (χ0v) is 14.6. The molecule has 0 saturated carbocycles. The second kappa shape index (κ2) is 7.07. The third-order valence-corrected chi connectivity index (χ3v) is 4.42. The van der Waals surface area contributed by atoms with Gasteiger partial charge in [-0.1, -0.05) is 0 Å². The number of anilines is 1. The SMILES string of the molecule is COCC1CN(c2ccc(C(F)(F)F)cc2)C(=O)c2c(C(=O)OC)ccn21. The van der Waals surface area contributed by atoms with E-state index in [4.69, 9.17) is 9.47 Å². The number of ether oxygens (including phenoxy) is 2. The molecular weight excluding hydrogens is 365 g/mol. The number of carbonyl (C=O) groups is 2. The van der Waals surface area contributed by atoms with Crippen LogP contribution in [0.4, 0.5) is 18.9 Å². The standard InChI is InChI=1S/C18H17F3N2O4/c1-26-10-13-9-23(12-5-3-11(4-6-12)18(19,20)21)16(24)15-14(17(25)27-2)7-8-22(13)15/h3-8,13H,9-10H2,1-2H3. The molecule has 1 aliphatic rings. The first-order valence-electron chi connectivity index (χ1n) is 8.05. The van der Waals surface area contributed by atoms with Crippen molar-refractivity contribution in [3.05, 3.63) is 53.3 Å². The molecule has 1 aromatic heterocycles. The summed E-state index contributed by atoms with van der Waals surface area (Å²) in [4.78, 5) is 26.3. The quantitative estimate of drug-likeness (QED) is 0.763. The first kappa shape index (κ1) is 19.0. The molecule has 1 unspecified atom stereocenters. The molecular formula is C18H17F3N2O4. The third-order valence-electron chi connectivity index (χ3n) is 4.42. The van der Waals surface area contributed by atoms with E-state index in [1.165, 1.54) is 37.3 Å². The summed E-state index contributed by atoms with van der Waals surface area (Å²) in [5, 5.41) is 0. The average Bonchev–Trinajstić information content (AvgIpc) is 3.09. The van der Waals surface area contributed by atoms with Crippen LogP contribution in [0.3, 0.4) is 0 Å². The number of methoxy groups -OCH3 is 2. The number of halogens is 3. The Labute approximate surface area is 153 Å². The maximum Gasteiger partial charge on any atom is 0.416 e. The molecule has 1 amide bonds. The van der Waals surface area contributed by atoms with Crippen LogP contribution in [-0.2, 0) is 15.7 Å². The molecule has 0 N–H and O–H groups in total. The number of aromatic nitrogens is 1. The van der Waals surface area contributed by atoms with E-state index in [1.54, 1.807) is 10.8 Å². The third kappa shape index (κ3) is 3.42. The van der Waals surface area contributed by atoms with Gasteiger partial charge in [0, 0.05) is 25.5 Å². The number of rotatable bonds is 4. The van der Waals surface area contributed by atoms with Gasteiger partial charge in [0.2, 0.25) is 0 Å². The minimum atomic E-state index is -4.46. The van der Waals surface area contributed by atoms with Crippen molar-refractivity contribution in [1.82, 2.24) is 4.57 Å². The van der Waals surface area contributed by atoms with E-state index in [0.717, 1.165) is 12.1 Å². The second-order valence-corrected chi connectivity index (χ2v) is 6.05. The number of esters is 1. The van der Waals surface area contributed by atoms with Crippen LogP contribution >= 0.6 is 0 Å². The summed E-state index contributed by atoms with van der Waals surface area (Å²) >= 11 is 0. The first-order chi connectivity index (χ1) is 12.8. The lowest BCUT2D eigenvalue weighted by Crippen LogP contribution is -2.45. The summed E-state index contributed by atoms with van der Waals surface area (Å²) in [6, 6.07) is 5.49. The smallest absolute Gasteiger partial charge is 0.416 e. The Bertz CT molecular complexity index is 858. The highest BCUT2D eigenvalue weighted by Gasteiger charge is 2.36. The van der Waals surface area contributed by atoms with Gasteiger partial charge >= 0.3 is 12.1 Å². The lowest BCUT2D eigenvalue weighted by Gasteiger charge is -2.34. The Balaban J connectivity index is 2.02. The number of hydrogen-bond acceptors (Lipinski definition) is 4. The van der Waals surface area contributed by atoms with Gasteiger partial charge in [0.15, 0.2) is 0 Å². The highest BCUT2D eigenvalue weighted by atomic mass is 19.4. The molecule has 1 atom stereocenters. The van der Waals surface area contributed by atoms with Crippen LogP contribution in [0.2, 0.25) is 0 Å². The molecule has 2 heterocycles. The van der Waals surface area contributed by atoms with Crippen molar-refractivity contribution in [2.24, 2.45) is 0 Å². The summed E-state index contributed by atoms with van der Waals surface area (Å²) in [5.74, 6) is -1.16. The van der Waals surface area contributed by atoms with Crippen LogP contribution in [0.5, 0.6) is 0 Å². The van der Waals surface area contributed by atoms with Crippen LogP contribution in [0.15, 0.2) is 36.5 Å². The molecule has 0 spiro atoms. The van der Waals surface area contributed by atoms with Crippen molar-refractivity contribution in [2.45, 2.75) is 12.2 Å². The fourth-order valence-corrected chi connectivity index (χ4v) is 3.14. The van der Waals surface area contributed by atoms with Crippen molar-refractivity contribution in [3.8, 4) is 0 Å². The fourth-order valence-electron chi connectivity index (χ4n) is 3.14. The van der Waals surface area contributed by atoms with Gasteiger partial charge in [0.05, 0.1) is 30.9 Å². The van der Waals surface area contributed by atoms with Gasteiger partial charge in [-0.25, -0.2) is 4.79 Å². The Morgan fingerprint density at radius 3 is 2.41 bits per heavy atom. The van der Waals surface area contributed by atoms with Gasteiger partial charge in [-0.2, -0.15) is 13.2 Å². The van der Waals surface area contributed by atoms with Gasteiger partial charge < -0.3 is 18.9 Å². The van der Waals surface area contributed by atoms with E-state index in [0.29, 0.717) is 5.69 Å². The number of fused-ring (bicyclic) bond motifs is 1. The van der Waals surface area contributed by atoms with E-state index < -0.39 is 23.6 Å². The van der Waals surface area contributed by atoms with Crippen molar-refractivity contribution in [2.75, 3.05) is 32.3 Å². The fraction of sp³-hybridized carbons (Fsp3) is 0.333. The van der Waals surface area contributed by atoms with E-state index in [9.17, 15) is 22.8 Å². The molecule has 0 bridgehead atoms. The van der Waals surface area contributed by atoms with Gasteiger partial charge in [-0.15, -0.1) is 0 Å². The molecule has 3 rings (SSSR count). The summed E-state index contributed by atoms with van der Waals surface area (Å²) < 4.78 is 49.9. The number of carbonyl (C=O) groups excluding carboxylic acids is 2. The Morgan fingerprint density at radius 1 is 1.19 bits per heavy atom. The van der Waals surface area contributed by atoms with E-state index >= 15 is 0 Å². The predicted molar refractivity (Wildman–Crippen MR) is 89.8 cm³/mol. The molecule has 6 nitrogen and oxygen atoms in total. The van der Waals surface area contributed by atoms with Crippen LogP contribution < -0.4 is 4.90 Å². The number of benzene rings is 1. The largest absolute Gasteiger partial charge is 0.465 e. The van der Waals surface area contributed by atoms with Gasteiger partial charge in [0.1, 0.15) is 5.69 Å². The highest BCUT2D eigenvalue weighted by molar-refractivity contribution is 6.12. The van der Waals surface area contributed by atoms with Gasteiger partial charge in [0.25, 0.3) is 5.91 Å². The Hall–Kier alpha value is -2.81. The number of alkyl halides is 3. The van der Waals surface area contributed by atoms with E-state index in [-0.39, 0.29) is 30.5 Å². The number of amides is 1. The predicted octanol–water partition coefficient (Wildman–Crippen LogP) is 3.14. The van der Waals surface area contributed by atoms with E-state index in [1.807, 2.05) is 0 Å². The normalized spacial score (nSPS) is 17.0. The maximum atomic E-state index is 13.0. The molecule has 1 aromatic carbocycles. The van der Waals surface area contributed by atoms with Gasteiger partial charge in [-0.05, 0) is 30.3 Å². The molecule has 144 valence electrons. The summed E-state index contributed by atoms with van der Waals surface area (Å²) in [6.07, 6.45) is -2.86. The molecule has 0 fully saturated rings. The zero-order chi connectivity index (χ0) is 19.8. The van der Waals surface area contributed by atoms with Crippen LogP contribution in [0.1, 0.15) is 32.5 Å². The topological polar surface area (TPSA) is 60.8 Å². The van der Waals surface area contributed by atoms with Crippen molar-refractivity contribution in [3.63, 3.8) is 0 Å². The molecule has 27 heavy (non-hydrogen) atoms. The molecule has 2 aromatic rings. The zero-order valence-electron chi connectivity index (χ0n) is 14.6. The second-order valence-electron chi connectivity index (χ2n) is 6.05. The van der Waals surface area contributed by atoms with Crippen LogP contribution in [-0.4, -0.2) is 43.8 Å².